The van der Waals surface area contributed by atoms with Crippen molar-refractivity contribution in [3.8, 4) is 5.75 Å². The lowest BCUT2D eigenvalue weighted by molar-refractivity contribution is 0.218. The van der Waals surface area contributed by atoms with Crippen molar-refractivity contribution >= 4 is 20.9 Å². The van der Waals surface area contributed by atoms with E-state index in [9.17, 15) is 12.8 Å². The first-order chi connectivity index (χ1) is 12.9. The number of para-hydroxylation sites is 1. The molecule has 1 saturated heterocycles. The maximum Gasteiger partial charge on any atom is 0.243 e. The number of hydrogen-bond acceptors (Lipinski definition) is 4. The molecule has 0 saturated carbocycles. The fraction of sp³-hybridized carbons (Fsp3) is 0.250. The molecule has 0 spiro atoms. The minimum atomic E-state index is -3.67. The molecule has 1 aliphatic rings. The van der Waals surface area contributed by atoms with Crippen LogP contribution in [0.2, 0.25) is 0 Å². The predicted molar refractivity (Wildman–Crippen MR) is 101 cm³/mol. The van der Waals surface area contributed by atoms with Gasteiger partial charge in [-0.05, 0) is 49.2 Å². The molecule has 0 bridgehead atoms. The molecule has 2 aromatic carbocycles. The van der Waals surface area contributed by atoms with Crippen LogP contribution in [0.25, 0.3) is 10.9 Å². The van der Waals surface area contributed by atoms with Gasteiger partial charge >= 0.3 is 0 Å². The average Bonchev–Trinajstić information content (AvgIpc) is 3.14. The van der Waals surface area contributed by atoms with Crippen LogP contribution in [0.3, 0.4) is 0 Å². The Morgan fingerprint density at radius 1 is 1.19 bits per heavy atom. The molecule has 1 aliphatic heterocycles. The van der Waals surface area contributed by atoms with Gasteiger partial charge in [-0.1, -0.05) is 18.2 Å². The third-order valence-corrected chi connectivity index (χ3v) is 6.63. The van der Waals surface area contributed by atoms with E-state index in [0.717, 1.165) is 10.9 Å². The first-order valence-electron chi connectivity index (χ1n) is 8.72. The number of aryl methyl sites for hydroxylation is 1. The maximum atomic E-state index is 13.5. The van der Waals surface area contributed by atoms with E-state index in [1.54, 1.807) is 13.1 Å². The van der Waals surface area contributed by atoms with Gasteiger partial charge in [0.05, 0.1) is 11.4 Å². The molecule has 1 fully saturated rings. The smallest absolute Gasteiger partial charge is 0.243 e. The Balaban J connectivity index is 1.53. The van der Waals surface area contributed by atoms with Crippen LogP contribution in [0, 0.1) is 12.7 Å². The number of aromatic nitrogens is 1. The van der Waals surface area contributed by atoms with E-state index in [-0.39, 0.29) is 17.5 Å². The second kappa shape index (κ2) is 6.90. The average molecular weight is 386 g/mol. The Kier molecular flexibility index (Phi) is 4.57. The van der Waals surface area contributed by atoms with E-state index in [1.165, 1.54) is 22.5 Å². The predicted octanol–water partition coefficient (Wildman–Crippen LogP) is 3.52. The van der Waals surface area contributed by atoms with Crippen LogP contribution < -0.4 is 4.74 Å². The van der Waals surface area contributed by atoms with Gasteiger partial charge in [-0.2, -0.15) is 4.31 Å². The zero-order valence-electron chi connectivity index (χ0n) is 14.8. The van der Waals surface area contributed by atoms with E-state index in [1.807, 2.05) is 30.3 Å². The topological polar surface area (TPSA) is 59.5 Å². The fourth-order valence-electron chi connectivity index (χ4n) is 3.29. The van der Waals surface area contributed by atoms with Gasteiger partial charge in [-0.3, -0.25) is 4.98 Å². The number of halogens is 1. The highest BCUT2D eigenvalue weighted by atomic mass is 32.2. The summed E-state index contributed by atoms with van der Waals surface area (Å²) in [7, 11) is -3.67. The number of nitrogens with zero attached hydrogens (tertiary/aromatic N) is 2. The summed E-state index contributed by atoms with van der Waals surface area (Å²) < 4.78 is 46.6. The van der Waals surface area contributed by atoms with E-state index in [2.05, 4.69) is 4.98 Å². The zero-order valence-corrected chi connectivity index (χ0v) is 15.6. The molecule has 0 amide bonds. The number of ether oxygens (including phenoxy) is 1. The first kappa shape index (κ1) is 17.9. The van der Waals surface area contributed by atoms with Gasteiger partial charge in [0, 0.05) is 18.1 Å². The number of pyridine rings is 1. The normalized spacial score (nSPS) is 18.1. The van der Waals surface area contributed by atoms with Crippen molar-refractivity contribution in [1.82, 2.24) is 9.29 Å². The second-order valence-electron chi connectivity index (χ2n) is 6.63. The van der Waals surface area contributed by atoms with Gasteiger partial charge in [0.1, 0.15) is 23.2 Å². The molecule has 0 aliphatic carbocycles. The van der Waals surface area contributed by atoms with Crippen LogP contribution in [0.4, 0.5) is 4.39 Å². The summed E-state index contributed by atoms with van der Waals surface area (Å²) >= 11 is 0. The summed E-state index contributed by atoms with van der Waals surface area (Å²) in [4.78, 5) is 4.47. The van der Waals surface area contributed by atoms with Gasteiger partial charge < -0.3 is 4.74 Å². The lowest BCUT2D eigenvalue weighted by Crippen LogP contribution is -2.31. The summed E-state index contributed by atoms with van der Waals surface area (Å²) in [6.07, 6.45) is 2.04. The van der Waals surface area contributed by atoms with Crippen LogP contribution >= 0.6 is 0 Å². The third-order valence-electron chi connectivity index (χ3n) is 4.76. The standard InChI is InChI=1S/C20H19FN2O3S/c1-14-12-17(7-8-18(14)21)27(24,25)23-11-9-16(13-23)26-19-6-2-4-15-5-3-10-22-20(15)19/h2-8,10,12,16H,9,11,13H2,1H3/t16-/m0/s1. The molecule has 4 rings (SSSR count). The van der Waals surface area contributed by atoms with Crippen LogP contribution in [0.15, 0.2) is 59.6 Å². The van der Waals surface area contributed by atoms with Gasteiger partial charge in [-0.25, -0.2) is 12.8 Å². The van der Waals surface area contributed by atoms with Gasteiger partial charge in [0.2, 0.25) is 10.0 Å². The van der Waals surface area contributed by atoms with Gasteiger partial charge in [-0.15, -0.1) is 0 Å². The van der Waals surface area contributed by atoms with Crippen molar-refractivity contribution in [1.29, 1.82) is 0 Å². The molecule has 3 aromatic rings. The van der Waals surface area contributed by atoms with Gasteiger partial charge in [0.15, 0.2) is 0 Å². The summed E-state index contributed by atoms with van der Waals surface area (Å²) in [5.41, 5.74) is 1.07. The quantitative estimate of drug-likeness (QED) is 0.688. The Morgan fingerprint density at radius 3 is 2.81 bits per heavy atom. The molecular formula is C20H19FN2O3S. The number of rotatable bonds is 4. The van der Waals surface area contributed by atoms with E-state index >= 15 is 0 Å². The monoisotopic (exact) mass is 386 g/mol. The number of benzene rings is 2. The summed E-state index contributed by atoms with van der Waals surface area (Å²) in [6.45, 7) is 2.17. The van der Waals surface area contributed by atoms with Crippen LogP contribution in [0.1, 0.15) is 12.0 Å². The van der Waals surface area contributed by atoms with Crippen LogP contribution in [-0.4, -0.2) is 36.9 Å². The van der Waals surface area contributed by atoms with Crippen molar-refractivity contribution in [2.24, 2.45) is 0 Å². The molecular weight excluding hydrogens is 367 g/mol. The molecule has 2 heterocycles. The number of fused-ring (bicyclic) bond motifs is 1. The van der Waals surface area contributed by atoms with Crippen molar-refractivity contribution in [2.45, 2.75) is 24.3 Å². The Morgan fingerprint density at radius 2 is 2.00 bits per heavy atom. The molecule has 0 unspecified atom stereocenters. The number of hydrogen-bond donors (Lipinski definition) is 0. The molecule has 7 heteroatoms. The molecule has 27 heavy (non-hydrogen) atoms. The Hall–Kier alpha value is -2.51. The highest BCUT2D eigenvalue weighted by Crippen LogP contribution is 2.28. The lowest BCUT2D eigenvalue weighted by atomic mass is 10.2. The molecule has 140 valence electrons. The van der Waals surface area contributed by atoms with Crippen molar-refractivity contribution in [3.05, 3.63) is 66.1 Å². The van der Waals surface area contributed by atoms with Crippen LogP contribution in [-0.2, 0) is 10.0 Å². The molecule has 0 radical (unpaired) electrons. The van der Waals surface area contributed by atoms with E-state index in [0.29, 0.717) is 24.3 Å². The van der Waals surface area contributed by atoms with E-state index in [4.69, 9.17) is 4.74 Å². The summed E-state index contributed by atoms with van der Waals surface area (Å²) in [6, 6.07) is 13.4. The molecule has 1 atom stereocenters. The summed E-state index contributed by atoms with van der Waals surface area (Å²) in [5.74, 6) is 0.231. The number of sulfonamides is 1. The largest absolute Gasteiger partial charge is 0.487 e. The van der Waals surface area contributed by atoms with Gasteiger partial charge in [0.25, 0.3) is 0 Å². The molecule has 5 nitrogen and oxygen atoms in total. The SMILES string of the molecule is Cc1cc(S(=O)(=O)N2CC[C@H](Oc3cccc4cccnc34)C2)ccc1F. The minimum Gasteiger partial charge on any atom is -0.487 e. The van der Waals surface area contributed by atoms with Crippen molar-refractivity contribution < 1.29 is 17.5 Å². The second-order valence-corrected chi connectivity index (χ2v) is 8.57. The molecule has 0 N–H and O–H groups in total. The zero-order chi connectivity index (χ0) is 19.0. The summed E-state index contributed by atoms with van der Waals surface area (Å²) in [5, 5.41) is 0.972. The highest BCUT2D eigenvalue weighted by Gasteiger charge is 2.34. The maximum absolute atomic E-state index is 13.5. The Labute approximate surface area is 157 Å². The van der Waals surface area contributed by atoms with Crippen molar-refractivity contribution in [2.75, 3.05) is 13.1 Å². The third kappa shape index (κ3) is 3.40. The van der Waals surface area contributed by atoms with Crippen molar-refractivity contribution in [3.63, 3.8) is 0 Å². The lowest BCUT2D eigenvalue weighted by Gasteiger charge is -2.18. The first-order valence-corrected chi connectivity index (χ1v) is 10.2. The molecule has 1 aromatic heterocycles. The highest BCUT2D eigenvalue weighted by molar-refractivity contribution is 7.89. The van der Waals surface area contributed by atoms with Crippen LogP contribution in [0.5, 0.6) is 5.75 Å². The fourth-order valence-corrected chi connectivity index (χ4v) is 4.86. The van der Waals surface area contributed by atoms with E-state index < -0.39 is 15.8 Å². The minimum absolute atomic E-state index is 0.105. The Bertz CT molecular complexity index is 1100.